The maximum absolute atomic E-state index is 13.7. The van der Waals surface area contributed by atoms with Crippen LogP contribution >= 0.6 is 0 Å². The number of nitrogens with two attached hydrogens (primary N) is 1. The average molecular weight is 278 g/mol. The second-order valence-corrected chi connectivity index (χ2v) is 5.78. The Kier molecular flexibility index (Phi) is 5.97. The summed E-state index contributed by atoms with van der Waals surface area (Å²) in [5, 5.41) is 8.89. The predicted molar refractivity (Wildman–Crippen MR) is 77.7 cm³/mol. The van der Waals surface area contributed by atoms with E-state index >= 15 is 0 Å². The molecule has 1 rings (SSSR count). The third-order valence-electron chi connectivity index (χ3n) is 3.24. The smallest absolute Gasteiger partial charge is 0.165 e. The molecule has 3 nitrogen and oxygen atoms in total. The van der Waals surface area contributed by atoms with Gasteiger partial charge in [-0.3, -0.25) is 0 Å². The lowest BCUT2D eigenvalue weighted by Gasteiger charge is -2.14. The van der Waals surface area contributed by atoms with E-state index in [-0.39, 0.29) is 23.0 Å². The fourth-order valence-corrected chi connectivity index (χ4v) is 1.82. The second kappa shape index (κ2) is 7.25. The normalized spacial score (nSPS) is 12.8. The van der Waals surface area contributed by atoms with Crippen LogP contribution < -0.4 is 10.5 Å². The van der Waals surface area contributed by atoms with Crippen molar-refractivity contribution in [1.82, 2.24) is 0 Å². The molecule has 1 unspecified atom stereocenters. The van der Waals surface area contributed by atoms with Crippen molar-refractivity contribution in [1.29, 1.82) is 5.26 Å². The van der Waals surface area contributed by atoms with E-state index in [1.165, 1.54) is 6.07 Å². The van der Waals surface area contributed by atoms with Crippen molar-refractivity contribution in [3.05, 3.63) is 29.6 Å². The van der Waals surface area contributed by atoms with Crippen LogP contribution in [0.2, 0.25) is 0 Å². The van der Waals surface area contributed by atoms with Gasteiger partial charge in [0.25, 0.3) is 0 Å². The van der Waals surface area contributed by atoms with Gasteiger partial charge in [0.2, 0.25) is 0 Å². The molecule has 0 heterocycles. The van der Waals surface area contributed by atoms with Gasteiger partial charge in [0, 0.05) is 6.04 Å². The summed E-state index contributed by atoms with van der Waals surface area (Å²) in [5.74, 6) is -0.119. The zero-order valence-electron chi connectivity index (χ0n) is 12.4. The molecule has 2 N–H and O–H groups in total. The third kappa shape index (κ3) is 5.18. The number of rotatable bonds is 7. The molecular formula is C16H23FN2O. The maximum atomic E-state index is 13.7. The molecule has 0 aliphatic heterocycles. The van der Waals surface area contributed by atoms with Crippen molar-refractivity contribution in [2.24, 2.45) is 11.1 Å². The monoisotopic (exact) mass is 278 g/mol. The van der Waals surface area contributed by atoms with E-state index in [0.717, 1.165) is 24.8 Å². The first kappa shape index (κ1) is 16.5. The highest BCUT2D eigenvalue weighted by atomic mass is 19.1. The van der Waals surface area contributed by atoms with Gasteiger partial charge in [-0.2, -0.15) is 5.26 Å². The van der Waals surface area contributed by atoms with Crippen molar-refractivity contribution < 1.29 is 9.13 Å². The Bertz CT molecular complexity index is 478. The van der Waals surface area contributed by atoms with Gasteiger partial charge >= 0.3 is 0 Å². The minimum Gasteiger partial charge on any atom is -0.491 e. The van der Waals surface area contributed by atoms with Gasteiger partial charge < -0.3 is 10.5 Å². The van der Waals surface area contributed by atoms with Crippen LogP contribution in [-0.4, -0.2) is 6.61 Å². The van der Waals surface area contributed by atoms with E-state index in [0.29, 0.717) is 6.61 Å². The molecule has 0 spiro atoms. The van der Waals surface area contributed by atoms with E-state index in [9.17, 15) is 4.39 Å². The van der Waals surface area contributed by atoms with E-state index < -0.39 is 0 Å². The van der Waals surface area contributed by atoms with Crippen molar-refractivity contribution >= 4 is 0 Å². The second-order valence-electron chi connectivity index (χ2n) is 5.78. The Hall–Kier alpha value is -1.60. The number of unbranched alkanes of at least 4 members (excludes halogenated alkanes) is 1. The molecule has 110 valence electrons. The lowest BCUT2D eigenvalue weighted by atomic mass is 9.89. The summed E-state index contributed by atoms with van der Waals surface area (Å²) in [6.07, 6.45) is 2.51. The van der Waals surface area contributed by atoms with Gasteiger partial charge in [0.15, 0.2) is 11.6 Å². The minimum atomic E-state index is -0.378. The maximum Gasteiger partial charge on any atom is 0.165 e. The number of nitrogens with zero attached hydrogens (tertiary/aromatic N) is 1. The van der Waals surface area contributed by atoms with E-state index in [4.69, 9.17) is 15.7 Å². The summed E-state index contributed by atoms with van der Waals surface area (Å²) >= 11 is 0. The fraction of sp³-hybridized carbons (Fsp3) is 0.562. The highest BCUT2D eigenvalue weighted by Crippen LogP contribution is 2.23. The minimum absolute atomic E-state index is 0.188. The molecule has 0 bridgehead atoms. The summed E-state index contributed by atoms with van der Waals surface area (Å²) in [6, 6.07) is 6.89. The van der Waals surface area contributed by atoms with E-state index in [2.05, 4.69) is 6.07 Å². The van der Waals surface area contributed by atoms with Crippen molar-refractivity contribution in [3.63, 3.8) is 0 Å². The zero-order valence-corrected chi connectivity index (χ0v) is 12.4. The molecule has 0 fully saturated rings. The summed E-state index contributed by atoms with van der Waals surface area (Å²) < 4.78 is 19.2. The lowest BCUT2D eigenvalue weighted by molar-refractivity contribution is 0.282. The summed E-state index contributed by atoms with van der Waals surface area (Å²) in [5.41, 5.74) is 6.15. The van der Waals surface area contributed by atoms with Gasteiger partial charge in [0.05, 0.1) is 18.1 Å². The van der Waals surface area contributed by atoms with Crippen molar-refractivity contribution in [2.45, 2.75) is 46.1 Å². The summed E-state index contributed by atoms with van der Waals surface area (Å²) in [7, 11) is 0. The largest absolute Gasteiger partial charge is 0.491 e. The van der Waals surface area contributed by atoms with Crippen LogP contribution in [0.15, 0.2) is 18.2 Å². The van der Waals surface area contributed by atoms with Crippen LogP contribution in [0.1, 0.15) is 51.6 Å². The highest BCUT2D eigenvalue weighted by molar-refractivity contribution is 5.30. The summed E-state index contributed by atoms with van der Waals surface area (Å²) in [6.45, 7) is 6.10. The number of benzene rings is 1. The molecule has 0 saturated carbocycles. The van der Waals surface area contributed by atoms with Gasteiger partial charge in [-0.15, -0.1) is 0 Å². The van der Waals surface area contributed by atoms with Crippen LogP contribution in [0, 0.1) is 22.6 Å². The van der Waals surface area contributed by atoms with Gasteiger partial charge in [0.1, 0.15) is 0 Å². The Morgan fingerprint density at radius 3 is 2.65 bits per heavy atom. The fourth-order valence-electron chi connectivity index (χ4n) is 1.82. The van der Waals surface area contributed by atoms with Crippen molar-refractivity contribution in [2.75, 3.05) is 6.61 Å². The van der Waals surface area contributed by atoms with Crippen LogP contribution in [0.3, 0.4) is 0 Å². The molecular weight excluding hydrogens is 255 g/mol. The van der Waals surface area contributed by atoms with Crippen LogP contribution in [0.4, 0.5) is 4.39 Å². The third-order valence-corrected chi connectivity index (χ3v) is 3.24. The molecule has 0 saturated heterocycles. The average Bonchev–Trinajstić information content (AvgIpc) is 2.39. The summed E-state index contributed by atoms with van der Waals surface area (Å²) in [4.78, 5) is 0. The first-order chi connectivity index (χ1) is 9.35. The number of ether oxygens (including phenoxy) is 1. The SMILES string of the molecule is CC(N)c1ccc(OCCCCC(C)(C)C#N)c(F)c1. The number of halogens is 1. The van der Waals surface area contributed by atoms with Gasteiger partial charge in [-0.05, 0) is 57.7 Å². The Morgan fingerprint density at radius 2 is 2.10 bits per heavy atom. The molecule has 0 aliphatic rings. The first-order valence-electron chi connectivity index (χ1n) is 6.95. The van der Waals surface area contributed by atoms with Crippen molar-refractivity contribution in [3.8, 4) is 11.8 Å². The highest BCUT2D eigenvalue weighted by Gasteiger charge is 2.15. The topological polar surface area (TPSA) is 59.0 Å². The molecule has 20 heavy (non-hydrogen) atoms. The Morgan fingerprint density at radius 1 is 1.40 bits per heavy atom. The Balaban J connectivity index is 2.38. The first-order valence-corrected chi connectivity index (χ1v) is 6.95. The Labute approximate surface area is 120 Å². The molecule has 0 amide bonds. The molecule has 1 atom stereocenters. The van der Waals surface area contributed by atoms with E-state index in [1.54, 1.807) is 12.1 Å². The molecule has 0 radical (unpaired) electrons. The number of hydrogen-bond donors (Lipinski definition) is 1. The number of hydrogen-bond acceptors (Lipinski definition) is 3. The lowest BCUT2D eigenvalue weighted by Crippen LogP contribution is -2.09. The van der Waals surface area contributed by atoms with Crippen LogP contribution in [0.25, 0.3) is 0 Å². The standard InChI is InChI=1S/C16H23FN2O/c1-12(19)13-6-7-15(14(17)10-13)20-9-5-4-8-16(2,3)11-18/h6-7,10,12H,4-5,8-9,19H2,1-3H3. The van der Waals surface area contributed by atoms with Crippen LogP contribution in [0.5, 0.6) is 5.75 Å². The molecule has 1 aromatic rings. The molecule has 0 aromatic heterocycles. The quantitative estimate of drug-likeness (QED) is 0.768. The predicted octanol–water partition coefficient (Wildman–Crippen LogP) is 3.94. The van der Waals surface area contributed by atoms with Gasteiger partial charge in [-0.25, -0.2) is 4.39 Å². The number of nitriles is 1. The van der Waals surface area contributed by atoms with E-state index in [1.807, 2.05) is 20.8 Å². The molecule has 0 aliphatic carbocycles. The molecule has 1 aromatic carbocycles. The van der Waals surface area contributed by atoms with Gasteiger partial charge in [-0.1, -0.05) is 6.07 Å². The van der Waals surface area contributed by atoms with Crippen LogP contribution in [-0.2, 0) is 0 Å². The molecule has 4 heteroatoms. The zero-order chi connectivity index (χ0) is 15.2.